The van der Waals surface area contributed by atoms with E-state index in [0.29, 0.717) is 18.2 Å². The van der Waals surface area contributed by atoms with Gasteiger partial charge in [0, 0.05) is 12.3 Å². The Morgan fingerprint density at radius 1 is 1.29 bits per heavy atom. The van der Waals surface area contributed by atoms with E-state index in [1.807, 2.05) is 0 Å². The summed E-state index contributed by atoms with van der Waals surface area (Å²) in [5, 5.41) is 9.15. The molecule has 0 saturated heterocycles. The minimum atomic E-state index is -4.53. The highest BCUT2D eigenvalue weighted by Crippen LogP contribution is 2.36. The molecule has 0 unspecified atom stereocenters. The molecular weight excluding hydrogens is 307 g/mol. The van der Waals surface area contributed by atoms with Crippen molar-refractivity contribution in [1.82, 2.24) is 4.98 Å². The first-order valence-corrected chi connectivity index (χ1v) is 6.21. The highest BCUT2D eigenvalue weighted by atomic mass is 35.5. The van der Waals surface area contributed by atoms with Crippen molar-refractivity contribution in [3.05, 3.63) is 53.5 Å². The Morgan fingerprint density at radius 2 is 2.00 bits per heavy atom. The van der Waals surface area contributed by atoms with Crippen molar-refractivity contribution in [2.24, 2.45) is 0 Å². The molecule has 1 aromatic heterocycles. The molecule has 0 saturated carbocycles. The van der Waals surface area contributed by atoms with Crippen LogP contribution in [-0.4, -0.2) is 10.1 Å². The molecular formula is C14H10ClF3NO2. The van der Waals surface area contributed by atoms with Gasteiger partial charge in [0.15, 0.2) is 0 Å². The molecule has 7 heteroatoms. The van der Waals surface area contributed by atoms with Crippen LogP contribution in [0.2, 0.25) is 5.02 Å². The van der Waals surface area contributed by atoms with E-state index in [9.17, 15) is 18.3 Å². The third-order valence-corrected chi connectivity index (χ3v) is 2.93. The van der Waals surface area contributed by atoms with Crippen molar-refractivity contribution < 1.29 is 23.0 Å². The molecule has 0 aliphatic rings. The van der Waals surface area contributed by atoms with Crippen LogP contribution in [0, 0.1) is 6.92 Å². The van der Waals surface area contributed by atoms with Crippen LogP contribution in [0.1, 0.15) is 11.1 Å². The maximum Gasteiger partial charge on any atom is 0.417 e. The summed E-state index contributed by atoms with van der Waals surface area (Å²) in [5.74, 6) is 0.00867. The fraction of sp³-hybridized carbons (Fsp3) is 0.143. The predicted octanol–water partition coefficient (Wildman–Crippen LogP) is 4.63. The van der Waals surface area contributed by atoms with Gasteiger partial charge >= 0.3 is 6.18 Å². The molecule has 0 aliphatic heterocycles. The monoisotopic (exact) mass is 316 g/mol. The number of phenols is 1. The quantitative estimate of drug-likeness (QED) is 0.897. The van der Waals surface area contributed by atoms with Crippen LogP contribution in [0.5, 0.6) is 17.4 Å². The van der Waals surface area contributed by atoms with Crippen molar-refractivity contribution in [1.29, 1.82) is 0 Å². The number of hydrogen-bond acceptors (Lipinski definition) is 3. The van der Waals surface area contributed by atoms with Gasteiger partial charge in [0.1, 0.15) is 16.5 Å². The molecule has 0 fully saturated rings. The molecule has 21 heavy (non-hydrogen) atoms. The van der Waals surface area contributed by atoms with E-state index in [-0.39, 0.29) is 22.4 Å². The maximum absolute atomic E-state index is 12.5. The van der Waals surface area contributed by atoms with Gasteiger partial charge in [0.25, 0.3) is 0 Å². The highest BCUT2D eigenvalue weighted by molar-refractivity contribution is 6.31. The number of aromatic nitrogens is 1. The second kappa shape index (κ2) is 5.81. The van der Waals surface area contributed by atoms with Crippen molar-refractivity contribution in [3.63, 3.8) is 0 Å². The van der Waals surface area contributed by atoms with E-state index in [0.717, 1.165) is 6.07 Å². The largest absolute Gasteiger partial charge is 0.508 e. The van der Waals surface area contributed by atoms with E-state index < -0.39 is 11.7 Å². The average Bonchev–Trinajstić information content (AvgIpc) is 2.40. The summed E-state index contributed by atoms with van der Waals surface area (Å²) in [6.45, 7) is 3.69. The Labute approximate surface area is 124 Å². The summed E-state index contributed by atoms with van der Waals surface area (Å²) in [4.78, 5) is 3.57. The van der Waals surface area contributed by atoms with Gasteiger partial charge in [-0.3, -0.25) is 0 Å². The number of benzene rings is 1. The molecule has 0 spiro atoms. The van der Waals surface area contributed by atoms with Crippen molar-refractivity contribution >= 4 is 11.6 Å². The normalized spacial score (nSPS) is 11.5. The van der Waals surface area contributed by atoms with Gasteiger partial charge in [-0.05, 0) is 31.0 Å². The number of phenolic OH excluding ortho intramolecular Hbond substituents is 1. The van der Waals surface area contributed by atoms with Crippen LogP contribution in [-0.2, 0) is 12.6 Å². The number of pyridine rings is 1. The Balaban J connectivity index is 2.34. The third-order valence-electron chi connectivity index (χ3n) is 2.66. The van der Waals surface area contributed by atoms with Crippen LogP contribution in [0.4, 0.5) is 13.2 Å². The van der Waals surface area contributed by atoms with Crippen LogP contribution >= 0.6 is 11.6 Å². The molecule has 1 N–H and O–H groups in total. The first-order valence-electron chi connectivity index (χ1n) is 5.83. The Morgan fingerprint density at radius 3 is 2.57 bits per heavy atom. The van der Waals surface area contributed by atoms with Gasteiger partial charge in [0.05, 0.1) is 5.56 Å². The zero-order valence-corrected chi connectivity index (χ0v) is 11.4. The maximum atomic E-state index is 12.5. The minimum Gasteiger partial charge on any atom is -0.508 e. The third kappa shape index (κ3) is 3.58. The standard InChI is InChI=1S/C14H10ClF3NO2/c1-2-8-3-4-10(20)6-12(8)21-13-11(15)5-9(7-19-13)14(16,17)18/h3-7,20H,1-2H2. The minimum absolute atomic E-state index is 0.0507. The summed E-state index contributed by atoms with van der Waals surface area (Å²) in [6, 6.07) is 5.09. The summed E-state index contributed by atoms with van der Waals surface area (Å²) >= 11 is 5.76. The van der Waals surface area contributed by atoms with Crippen LogP contribution in [0.25, 0.3) is 0 Å². The summed E-state index contributed by atoms with van der Waals surface area (Å²) in [7, 11) is 0. The lowest BCUT2D eigenvalue weighted by Crippen LogP contribution is -2.06. The van der Waals surface area contributed by atoms with Crippen LogP contribution in [0.15, 0.2) is 30.5 Å². The fourth-order valence-electron chi connectivity index (χ4n) is 1.60. The Hall–Kier alpha value is -1.95. The van der Waals surface area contributed by atoms with Crippen molar-refractivity contribution in [2.45, 2.75) is 12.6 Å². The lowest BCUT2D eigenvalue weighted by molar-refractivity contribution is -0.137. The topological polar surface area (TPSA) is 42.4 Å². The molecule has 1 radical (unpaired) electrons. The van der Waals surface area contributed by atoms with Crippen LogP contribution in [0.3, 0.4) is 0 Å². The number of rotatable bonds is 3. The van der Waals surface area contributed by atoms with Gasteiger partial charge in [-0.15, -0.1) is 0 Å². The molecule has 2 aromatic rings. The van der Waals surface area contributed by atoms with Gasteiger partial charge in [0.2, 0.25) is 5.88 Å². The lowest BCUT2D eigenvalue weighted by Gasteiger charge is -2.12. The number of halogens is 4. The Bertz CT molecular complexity index is 659. The lowest BCUT2D eigenvalue weighted by atomic mass is 10.1. The molecule has 0 atom stereocenters. The molecule has 3 nitrogen and oxygen atoms in total. The first-order chi connectivity index (χ1) is 9.81. The number of hydrogen-bond donors (Lipinski definition) is 1. The van der Waals surface area contributed by atoms with E-state index in [4.69, 9.17) is 16.3 Å². The first kappa shape index (κ1) is 15.4. The molecule has 111 valence electrons. The number of nitrogens with zero attached hydrogens (tertiary/aromatic N) is 1. The second-order valence-electron chi connectivity index (χ2n) is 4.15. The van der Waals surface area contributed by atoms with Gasteiger partial charge < -0.3 is 9.84 Å². The molecule has 2 rings (SSSR count). The average molecular weight is 317 g/mol. The molecule has 1 aromatic carbocycles. The number of aromatic hydroxyl groups is 1. The molecule has 0 aliphatic carbocycles. The number of ether oxygens (including phenoxy) is 1. The highest BCUT2D eigenvalue weighted by Gasteiger charge is 2.31. The van der Waals surface area contributed by atoms with E-state index in [1.165, 1.54) is 12.1 Å². The molecule has 0 bridgehead atoms. The SMILES string of the molecule is [CH2]Cc1ccc(O)cc1Oc1ncc(C(F)(F)F)cc1Cl. The predicted molar refractivity (Wildman–Crippen MR) is 71.5 cm³/mol. The van der Waals surface area contributed by atoms with Crippen LogP contribution < -0.4 is 4.74 Å². The van der Waals surface area contributed by atoms with Crippen molar-refractivity contribution in [2.75, 3.05) is 0 Å². The molecule has 0 amide bonds. The van der Waals surface area contributed by atoms with Gasteiger partial charge in [-0.1, -0.05) is 17.7 Å². The fourth-order valence-corrected chi connectivity index (χ4v) is 1.81. The Kier molecular flexibility index (Phi) is 4.27. The van der Waals surface area contributed by atoms with Gasteiger partial charge in [-0.2, -0.15) is 13.2 Å². The zero-order chi connectivity index (χ0) is 15.6. The summed E-state index contributed by atoms with van der Waals surface area (Å²) in [5.41, 5.74) is -0.307. The van der Waals surface area contributed by atoms with E-state index in [1.54, 1.807) is 6.07 Å². The summed E-state index contributed by atoms with van der Waals surface area (Å²) in [6.07, 6.45) is -3.53. The van der Waals surface area contributed by atoms with Gasteiger partial charge in [-0.25, -0.2) is 4.98 Å². The molecule has 1 heterocycles. The van der Waals surface area contributed by atoms with E-state index >= 15 is 0 Å². The van der Waals surface area contributed by atoms with E-state index in [2.05, 4.69) is 11.9 Å². The zero-order valence-electron chi connectivity index (χ0n) is 10.6. The second-order valence-corrected chi connectivity index (χ2v) is 4.56. The number of alkyl halides is 3. The summed E-state index contributed by atoms with van der Waals surface area (Å²) < 4.78 is 42.9. The smallest absolute Gasteiger partial charge is 0.417 e. The van der Waals surface area contributed by atoms with Crippen molar-refractivity contribution in [3.8, 4) is 17.4 Å².